The zero-order valence-electron chi connectivity index (χ0n) is 10.1. The second-order valence-electron chi connectivity index (χ2n) is 3.80. The second kappa shape index (κ2) is 6.99. The van der Waals surface area contributed by atoms with Gasteiger partial charge in [-0.25, -0.2) is 0 Å². The van der Waals surface area contributed by atoms with E-state index >= 15 is 0 Å². The summed E-state index contributed by atoms with van der Waals surface area (Å²) in [6.07, 6.45) is 1.71. The first-order valence-corrected chi connectivity index (χ1v) is 6.50. The van der Waals surface area contributed by atoms with E-state index in [-0.39, 0.29) is 0 Å². The van der Waals surface area contributed by atoms with Crippen LogP contribution >= 0.6 is 23.2 Å². The van der Waals surface area contributed by atoms with Crippen molar-refractivity contribution in [3.63, 3.8) is 0 Å². The van der Waals surface area contributed by atoms with E-state index in [2.05, 4.69) is 16.8 Å². The highest BCUT2D eigenvalue weighted by molar-refractivity contribution is 6.36. The molecule has 0 aliphatic rings. The van der Waals surface area contributed by atoms with Crippen LogP contribution in [0.2, 0.25) is 10.0 Å². The fourth-order valence-corrected chi connectivity index (χ4v) is 1.92. The monoisotopic (exact) mass is 287 g/mol. The number of hydrogen-bond donors (Lipinski definition) is 0. The van der Waals surface area contributed by atoms with Crippen molar-refractivity contribution in [3.8, 4) is 11.8 Å². The lowest BCUT2D eigenvalue weighted by Crippen LogP contribution is -1.84. The fraction of sp³-hybridized carbons (Fsp3) is 0.0625. The van der Waals surface area contributed by atoms with E-state index in [9.17, 15) is 0 Å². The Kier molecular flexibility index (Phi) is 5.03. The van der Waals surface area contributed by atoms with Crippen LogP contribution < -0.4 is 0 Å². The van der Waals surface area contributed by atoms with Crippen molar-refractivity contribution in [3.05, 3.63) is 69.7 Å². The lowest BCUT2D eigenvalue weighted by Gasteiger charge is -1.97. The van der Waals surface area contributed by atoms with E-state index < -0.39 is 0 Å². The van der Waals surface area contributed by atoms with E-state index in [0.717, 1.165) is 11.1 Å². The summed E-state index contributed by atoms with van der Waals surface area (Å²) in [5, 5.41) is 1.21. The van der Waals surface area contributed by atoms with E-state index in [4.69, 9.17) is 23.2 Å². The Morgan fingerprint density at radius 3 is 2.58 bits per heavy atom. The summed E-state index contributed by atoms with van der Waals surface area (Å²) in [6, 6.07) is 15.1. The van der Waals surface area contributed by atoms with Gasteiger partial charge in [-0.2, -0.15) is 0 Å². The molecule has 3 heteroatoms. The van der Waals surface area contributed by atoms with E-state index in [1.165, 1.54) is 0 Å². The molecule has 0 bridgehead atoms. The highest BCUT2D eigenvalue weighted by Gasteiger charge is 1.96. The molecule has 2 aromatic rings. The van der Waals surface area contributed by atoms with Crippen LogP contribution in [0.4, 0.5) is 0 Å². The Morgan fingerprint density at radius 1 is 1.05 bits per heavy atom. The Bertz CT molecular complexity index is 637. The summed E-state index contributed by atoms with van der Waals surface area (Å²) in [4.78, 5) is 4.22. The molecule has 0 aliphatic heterocycles. The first-order chi connectivity index (χ1) is 9.25. The molecule has 2 aromatic carbocycles. The Morgan fingerprint density at radius 2 is 1.84 bits per heavy atom. The van der Waals surface area contributed by atoms with Gasteiger partial charge in [0.1, 0.15) is 6.54 Å². The van der Waals surface area contributed by atoms with Gasteiger partial charge in [0.2, 0.25) is 0 Å². The summed E-state index contributed by atoms with van der Waals surface area (Å²) in [5.41, 5.74) is 1.83. The largest absolute Gasteiger partial charge is 0.280 e. The van der Waals surface area contributed by atoms with Crippen LogP contribution in [0.5, 0.6) is 0 Å². The standard InChI is InChI=1S/C16H11Cl2N/c17-15-9-8-14(16(18)11-15)12-19-10-4-7-13-5-2-1-3-6-13/h1-3,5-6,8-9,11-12H,10H2/b19-12+. The molecule has 0 saturated carbocycles. The van der Waals surface area contributed by atoms with Crippen molar-refractivity contribution in [2.24, 2.45) is 4.99 Å². The molecular formula is C16H11Cl2N. The summed E-state index contributed by atoms with van der Waals surface area (Å²) >= 11 is 11.8. The maximum Gasteiger partial charge on any atom is 0.100 e. The average Bonchev–Trinajstić information content (AvgIpc) is 2.42. The molecule has 0 heterocycles. The summed E-state index contributed by atoms with van der Waals surface area (Å²) in [6.45, 7) is 0.438. The predicted octanol–water partition coefficient (Wildman–Crippen LogP) is 4.46. The highest BCUT2D eigenvalue weighted by Crippen LogP contribution is 2.19. The minimum Gasteiger partial charge on any atom is -0.280 e. The van der Waals surface area contributed by atoms with Crippen LogP contribution in [0.25, 0.3) is 0 Å². The smallest absolute Gasteiger partial charge is 0.100 e. The summed E-state index contributed by atoms with van der Waals surface area (Å²) in [7, 11) is 0. The summed E-state index contributed by atoms with van der Waals surface area (Å²) < 4.78 is 0. The molecule has 0 saturated heterocycles. The van der Waals surface area contributed by atoms with Crippen LogP contribution in [-0.2, 0) is 0 Å². The van der Waals surface area contributed by atoms with Gasteiger partial charge in [0.25, 0.3) is 0 Å². The van der Waals surface area contributed by atoms with Crippen LogP contribution in [0.15, 0.2) is 53.5 Å². The normalized spacial score (nSPS) is 10.2. The zero-order valence-corrected chi connectivity index (χ0v) is 11.6. The SMILES string of the molecule is Clc1ccc(/C=N/CC#Cc2ccccc2)c(Cl)c1. The Labute approximate surface area is 122 Å². The molecule has 2 rings (SSSR count). The van der Waals surface area contributed by atoms with Crippen molar-refractivity contribution >= 4 is 29.4 Å². The van der Waals surface area contributed by atoms with Gasteiger partial charge in [-0.3, -0.25) is 4.99 Å². The molecule has 0 atom stereocenters. The van der Waals surface area contributed by atoms with Crippen LogP contribution in [0.3, 0.4) is 0 Å². The number of benzene rings is 2. The van der Waals surface area contributed by atoms with Crippen LogP contribution in [-0.4, -0.2) is 12.8 Å². The van der Waals surface area contributed by atoms with Crippen molar-refractivity contribution in [1.29, 1.82) is 0 Å². The van der Waals surface area contributed by atoms with E-state index in [1.54, 1.807) is 18.3 Å². The number of hydrogen-bond acceptors (Lipinski definition) is 1. The van der Waals surface area contributed by atoms with Gasteiger partial charge >= 0.3 is 0 Å². The Balaban J connectivity index is 1.96. The van der Waals surface area contributed by atoms with Crippen molar-refractivity contribution in [2.75, 3.05) is 6.54 Å². The predicted molar refractivity (Wildman–Crippen MR) is 82.2 cm³/mol. The molecular weight excluding hydrogens is 277 g/mol. The van der Waals surface area contributed by atoms with Gasteiger partial charge in [-0.1, -0.05) is 59.3 Å². The molecule has 1 nitrogen and oxygen atoms in total. The molecule has 19 heavy (non-hydrogen) atoms. The lowest BCUT2D eigenvalue weighted by molar-refractivity contribution is 1.30. The summed E-state index contributed by atoms with van der Waals surface area (Å²) in [5.74, 6) is 6.02. The maximum absolute atomic E-state index is 6.03. The first kappa shape index (κ1) is 13.7. The van der Waals surface area contributed by atoms with Gasteiger partial charge in [-0.05, 0) is 24.3 Å². The van der Waals surface area contributed by atoms with Gasteiger partial charge < -0.3 is 0 Å². The quantitative estimate of drug-likeness (QED) is 0.571. The maximum atomic E-state index is 6.03. The van der Waals surface area contributed by atoms with Crippen LogP contribution in [0, 0.1) is 11.8 Å². The third-order valence-corrected chi connectivity index (χ3v) is 2.93. The molecule has 94 valence electrons. The topological polar surface area (TPSA) is 12.4 Å². The molecule has 0 radical (unpaired) electrons. The minimum atomic E-state index is 0.438. The average molecular weight is 288 g/mol. The molecule has 0 unspecified atom stereocenters. The fourth-order valence-electron chi connectivity index (χ4n) is 1.46. The van der Waals surface area contributed by atoms with Crippen molar-refractivity contribution in [1.82, 2.24) is 0 Å². The zero-order chi connectivity index (χ0) is 13.5. The molecule has 0 aliphatic carbocycles. The third kappa shape index (κ3) is 4.44. The number of halogens is 2. The van der Waals surface area contributed by atoms with Crippen LogP contribution in [0.1, 0.15) is 11.1 Å². The minimum absolute atomic E-state index is 0.438. The van der Waals surface area contributed by atoms with Gasteiger partial charge in [0, 0.05) is 22.4 Å². The Hall–Kier alpha value is -1.75. The lowest BCUT2D eigenvalue weighted by atomic mass is 10.2. The van der Waals surface area contributed by atoms with Crippen molar-refractivity contribution < 1.29 is 0 Å². The van der Waals surface area contributed by atoms with Gasteiger partial charge in [0.15, 0.2) is 0 Å². The molecule has 0 amide bonds. The van der Waals surface area contributed by atoms with Gasteiger partial charge in [-0.15, -0.1) is 0 Å². The third-order valence-electron chi connectivity index (χ3n) is 2.37. The van der Waals surface area contributed by atoms with Gasteiger partial charge in [0.05, 0.1) is 5.02 Å². The second-order valence-corrected chi connectivity index (χ2v) is 4.65. The number of aliphatic imine (C=N–C) groups is 1. The first-order valence-electron chi connectivity index (χ1n) is 5.74. The van der Waals surface area contributed by atoms with Crippen molar-refractivity contribution in [2.45, 2.75) is 0 Å². The highest BCUT2D eigenvalue weighted by atomic mass is 35.5. The molecule has 0 spiro atoms. The molecule has 0 aromatic heterocycles. The number of rotatable bonds is 2. The molecule has 0 fully saturated rings. The number of nitrogens with zero attached hydrogens (tertiary/aromatic N) is 1. The van der Waals surface area contributed by atoms with E-state index in [1.807, 2.05) is 36.4 Å². The molecule has 0 N–H and O–H groups in total. The van der Waals surface area contributed by atoms with E-state index in [0.29, 0.717) is 16.6 Å².